The van der Waals surface area contributed by atoms with E-state index in [0.717, 1.165) is 5.56 Å². The molecule has 2 rings (SSSR count). The molecule has 0 aliphatic rings. The zero-order chi connectivity index (χ0) is 16.7. The van der Waals surface area contributed by atoms with Crippen molar-refractivity contribution in [1.82, 2.24) is 5.32 Å². The van der Waals surface area contributed by atoms with Crippen LogP contribution in [0.3, 0.4) is 0 Å². The second-order valence-electron chi connectivity index (χ2n) is 4.90. The van der Waals surface area contributed by atoms with Crippen LogP contribution >= 0.6 is 23.4 Å². The quantitative estimate of drug-likeness (QED) is 0.808. The molecular formula is C17H17ClN2O2S. The fourth-order valence-electron chi connectivity index (χ4n) is 2.04. The third-order valence-corrected chi connectivity index (χ3v) is 4.52. The van der Waals surface area contributed by atoms with Crippen LogP contribution in [-0.2, 0) is 15.3 Å². The van der Waals surface area contributed by atoms with Gasteiger partial charge in [0.25, 0.3) is 0 Å². The Morgan fingerprint density at radius 1 is 1.09 bits per heavy atom. The van der Waals surface area contributed by atoms with E-state index < -0.39 is 11.9 Å². The van der Waals surface area contributed by atoms with Crippen LogP contribution in [0.1, 0.15) is 17.2 Å². The number of hydrogen-bond donors (Lipinski definition) is 2. The fourth-order valence-corrected chi connectivity index (χ4v) is 3.16. The van der Waals surface area contributed by atoms with E-state index in [2.05, 4.69) is 5.32 Å². The summed E-state index contributed by atoms with van der Waals surface area (Å²) in [6.07, 6.45) is 0. The minimum Gasteiger partial charge on any atom is -0.368 e. The van der Waals surface area contributed by atoms with Crippen LogP contribution in [-0.4, -0.2) is 17.6 Å². The third-order valence-electron chi connectivity index (χ3n) is 3.17. The molecule has 0 unspecified atom stereocenters. The Morgan fingerprint density at radius 2 is 1.74 bits per heavy atom. The molecule has 0 heterocycles. The number of nitrogens with one attached hydrogen (secondary N) is 1. The molecule has 2 aromatic rings. The highest BCUT2D eigenvalue weighted by molar-refractivity contribution is 7.99. The van der Waals surface area contributed by atoms with E-state index in [1.807, 2.05) is 30.3 Å². The van der Waals surface area contributed by atoms with Gasteiger partial charge >= 0.3 is 0 Å². The summed E-state index contributed by atoms with van der Waals surface area (Å²) in [4.78, 5) is 23.6. The van der Waals surface area contributed by atoms with Gasteiger partial charge in [-0.3, -0.25) is 9.59 Å². The maximum absolute atomic E-state index is 12.0. The number of carbonyl (C=O) groups excluding carboxylic acids is 2. The number of hydrogen-bond acceptors (Lipinski definition) is 3. The van der Waals surface area contributed by atoms with Crippen molar-refractivity contribution in [3.8, 4) is 0 Å². The Kier molecular flexibility index (Phi) is 6.50. The Labute approximate surface area is 144 Å². The van der Waals surface area contributed by atoms with Crippen LogP contribution < -0.4 is 11.1 Å². The highest BCUT2D eigenvalue weighted by Gasteiger charge is 2.19. The van der Waals surface area contributed by atoms with Crippen molar-refractivity contribution in [3.63, 3.8) is 0 Å². The number of primary amides is 1. The van der Waals surface area contributed by atoms with E-state index in [1.54, 1.807) is 24.3 Å². The molecule has 0 aliphatic heterocycles. The maximum Gasteiger partial charge on any atom is 0.244 e. The smallest absolute Gasteiger partial charge is 0.244 e. The second kappa shape index (κ2) is 8.60. The average molecular weight is 349 g/mol. The average Bonchev–Trinajstić information content (AvgIpc) is 2.55. The predicted octanol–water partition coefficient (Wildman–Crippen LogP) is 2.92. The molecular weight excluding hydrogens is 332 g/mol. The molecule has 0 bridgehead atoms. The van der Waals surface area contributed by atoms with Gasteiger partial charge in [-0.05, 0) is 17.2 Å². The van der Waals surface area contributed by atoms with Crippen LogP contribution in [0.4, 0.5) is 0 Å². The molecule has 0 aromatic heterocycles. The van der Waals surface area contributed by atoms with Crippen molar-refractivity contribution in [2.75, 3.05) is 5.75 Å². The van der Waals surface area contributed by atoms with Crippen LogP contribution in [0.5, 0.6) is 0 Å². The molecule has 0 radical (unpaired) electrons. The van der Waals surface area contributed by atoms with Gasteiger partial charge in [0, 0.05) is 10.8 Å². The molecule has 1 atom stereocenters. The lowest BCUT2D eigenvalue weighted by molar-refractivity contribution is -0.126. The van der Waals surface area contributed by atoms with Gasteiger partial charge in [-0.25, -0.2) is 0 Å². The molecule has 2 aromatic carbocycles. The standard InChI is InChI=1S/C17H17ClN2O2S/c18-14-9-5-4-8-13(14)10-23-11-15(21)20-16(17(19)22)12-6-2-1-3-7-12/h1-9,16H,10-11H2,(H2,19,22)(H,20,21)/t16-/m0/s1. The van der Waals surface area contributed by atoms with E-state index >= 15 is 0 Å². The summed E-state index contributed by atoms with van der Waals surface area (Å²) in [5, 5.41) is 3.35. The minimum atomic E-state index is -0.815. The first-order valence-corrected chi connectivity index (χ1v) is 8.56. The Morgan fingerprint density at radius 3 is 2.39 bits per heavy atom. The first kappa shape index (κ1) is 17.4. The largest absolute Gasteiger partial charge is 0.368 e. The number of rotatable bonds is 7. The molecule has 0 aliphatic carbocycles. The summed E-state index contributed by atoms with van der Waals surface area (Å²) < 4.78 is 0. The van der Waals surface area contributed by atoms with Gasteiger partial charge in [-0.1, -0.05) is 60.1 Å². The first-order chi connectivity index (χ1) is 11.1. The Bertz CT molecular complexity index is 679. The van der Waals surface area contributed by atoms with Crippen LogP contribution in [0.2, 0.25) is 5.02 Å². The minimum absolute atomic E-state index is 0.224. The molecule has 23 heavy (non-hydrogen) atoms. The van der Waals surface area contributed by atoms with E-state index in [0.29, 0.717) is 16.3 Å². The molecule has 4 nitrogen and oxygen atoms in total. The number of thioether (sulfide) groups is 1. The zero-order valence-electron chi connectivity index (χ0n) is 12.4. The fraction of sp³-hybridized carbons (Fsp3) is 0.176. The van der Waals surface area contributed by atoms with Gasteiger partial charge in [-0.2, -0.15) is 0 Å². The van der Waals surface area contributed by atoms with Crippen LogP contribution in [0.25, 0.3) is 0 Å². The normalized spacial score (nSPS) is 11.7. The molecule has 2 amide bonds. The number of halogens is 1. The molecule has 0 fully saturated rings. The maximum atomic E-state index is 12.0. The van der Waals surface area contributed by atoms with E-state index in [1.165, 1.54) is 11.8 Å². The zero-order valence-corrected chi connectivity index (χ0v) is 13.9. The molecule has 0 saturated heterocycles. The summed E-state index contributed by atoms with van der Waals surface area (Å²) >= 11 is 7.50. The third kappa shape index (κ3) is 5.30. The number of benzene rings is 2. The molecule has 0 saturated carbocycles. The van der Waals surface area contributed by atoms with Gasteiger partial charge in [0.2, 0.25) is 11.8 Å². The lowest BCUT2D eigenvalue weighted by atomic mass is 10.1. The van der Waals surface area contributed by atoms with Gasteiger partial charge < -0.3 is 11.1 Å². The van der Waals surface area contributed by atoms with Crippen molar-refractivity contribution in [1.29, 1.82) is 0 Å². The lowest BCUT2D eigenvalue weighted by Crippen LogP contribution is -2.38. The summed E-state index contributed by atoms with van der Waals surface area (Å²) in [6, 6.07) is 15.6. The van der Waals surface area contributed by atoms with Gasteiger partial charge in [0.15, 0.2) is 0 Å². The monoisotopic (exact) mass is 348 g/mol. The molecule has 120 valence electrons. The van der Waals surface area contributed by atoms with E-state index in [9.17, 15) is 9.59 Å². The summed E-state index contributed by atoms with van der Waals surface area (Å²) in [6.45, 7) is 0. The Hall–Kier alpha value is -1.98. The van der Waals surface area contributed by atoms with Crippen molar-refractivity contribution in [2.24, 2.45) is 5.73 Å². The van der Waals surface area contributed by atoms with E-state index in [-0.39, 0.29) is 11.7 Å². The van der Waals surface area contributed by atoms with Crippen molar-refractivity contribution in [2.45, 2.75) is 11.8 Å². The predicted molar refractivity (Wildman–Crippen MR) is 94.1 cm³/mol. The van der Waals surface area contributed by atoms with Crippen LogP contribution in [0, 0.1) is 0 Å². The van der Waals surface area contributed by atoms with Gasteiger partial charge in [0.05, 0.1) is 5.75 Å². The number of carbonyl (C=O) groups is 2. The van der Waals surface area contributed by atoms with Crippen molar-refractivity contribution >= 4 is 35.2 Å². The van der Waals surface area contributed by atoms with Crippen molar-refractivity contribution in [3.05, 3.63) is 70.7 Å². The topological polar surface area (TPSA) is 72.2 Å². The number of nitrogens with two attached hydrogens (primary N) is 1. The molecule has 3 N–H and O–H groups in total. The summed E-state index contributed by atoms with van der Waals surface area (Å²) in [5.41, 5.74) is 7.02. The highest BCUT2D eigenvalue weighted by Crippen LogP contribution is 2.21. The van der Waals surface area contributed by atoms with Crippen molar-refractivity contribution < 1.29 is 9.59 Å². The lowest BCUT2D eigenvalue weighted by Gasteiger charge is -2.15. The van der Waals surface area contributed by atoms with E-state index in [4.69, 9.17) is 17.3 Å². The SMILES string of the molecule is NC(=O)[C@@H](NC(=O)CSCc1ccccc1Cl)c1ccccc1. The van der Waals surface area contributed by atoms with Crippen LogP contribution in [0.15, 0.2) is 54.6 Å². The van der Waals surface area contributed by atoms with Gasteiger partial charge in [-0.15, -0.1) is 11.8 Å². The summed E-state index contributed by atoms with van der Waals surface area (Å²) in [5.74, 6) is 0.0250. The van der Waals surface area contributed by atoms with Gasteiger partial charge in [0.1, 0.15) is 6.04 Å². The first-order valence-electron chi connectivity index (χ1n) is 7.02. The molecule has 0 spiro atoms. The Balaban J connectivity index is 1.88. The second-order valence-corrected chi connectivity index (χ2v) is 6.29. The molecule has 6 heteroatoms. The summed E-state index contributed by atoms with van der Waals surface area (Å²) in [7, 11) is 0. The highest BCUT2D eigenvalue weighted by atomic mass is 35.5. The number of amides is 2.